The first-order chi connectivity index (χ1) is 23.8. The van der Waals surface area contributed by atoms with Crippen LogP contribution in [0.3, 0.4) is 0 Å². The maximum absolute atomic E-state index is 6.69. The number of nitrogens with zero attached hydrogens (tertiary/aromatic N) is 1. The normalized spacial score (nSPS) is 11.3. The molecule has 0 spiro atoms. The molecule has 0 atom stereocenters. The summed E-state index contributed by atoms with van der Waals surface area (Å²) in [5.41, 5.74) is 12.0. The molecule has 0 N–H and O–H groups in total. The lowest BCUT2D eigenvalue weighted by Gasteiger charge is -2.26. The van der Waals surface area contributed by atoms with Gasteiger partial charge in [0.1, 0.15) is 5.58 Å². The Labute approximate surface area is 279 Å². The standard InChI is InChI=1S/C46H31NO/c1-3-11-32(12-4-1)34-21-26-38(27-22-34)47(39-28-23-36(24-29-39)41-18-9-16-35-15-7-8-17-40(35)41)44-20-10-19-42-43-31-37(33-13-5-2-6-14-33)25-30-45(43)48-46(42)44/h1-31H. The van der Waals surface area contributed by atoms with Gasteiger partial charge in [-0.3, -0.25) is 0 Å². The molecule has 0 saturated carbocycles. The SMILES string of the molecule is c1ccc(-c2ccc(N(c3ccc(-c4cccc5ccccc45)cc3)c3cccc4c3oc3ccc(-c5ccccc5)cc34)cc2)cc1. The summed E-state index contributed by atoms with van der Waals surface area (Å²) in [6.45, 7) is 0. The summed E-state index contributed by atoms with van der Waals surface area (Å²) in [7, 11) is 0. The van der Waals surface area contributed by atoms with Crippen LogP contribution in [0.25, 0.3) is 66.1 Å². The fourth-order valence-corrected chi connectivity index (χ4v) is 6.90. The van der Waals surface area contributed by atoms with Crippen LogP contribution >= 0.6 is 0 Å². The number of rotatable bonds is 6. The summed E-state index contributed by atoms with van der Waals surface area (Å²) < 4.78 is 6.69. The van der Waals surface area contributed by atoms with Gasteiger partial charge in [0.05, 0.1) is 5.69 Å². The van der Waals surface area contributed by atoms with Crippen molar-refractivity contribution in [3.8, 4) is 33.4 Å². The third kappa shape index (κ3) is 4.92. The van der Waals surface area contributed by atoms with Crippen molar-refractivity contribution in [1.82, 2.24) is 0 Å². The molecule has 2 nitrogen and oxygen atoms in total. The van der Waals surface area contributed by atoms with Crippen LogP contribution in [0.15, 0.2) is 192 Å². The Morgan fingerprint density at radius 2 is 0.896 bits per heavy atom. The van der Waals surface area contributed by atoms with Gasteiger partial charge in [0, 0.05) is 22.1 Å². The molecule has 48 heavy (non-hydrogen) atoms. The fourth-order valence-electron chi connectivity index (χ4n) is 6.90. The van der Waals surface area contributed by atoms with Crippen LogP contribution in [-0.2, 0) is 0 Å². The van der Waals surface area contributed by atoms with Gasteiger partial charge in [-0.05, 0) is 86.6 Å². The largest absolute Gasteiger partial charge is 0.454 e. The molecule has 0 aliphatic carbocycles. The van der Waals surface area contributed by atoms with E-state index in [-0.39, 0.29) is 0 Å². The van der Waals surface area contributed by atoms with Crippen molar-refractivity contribution in [3.05, 3.63) is 188 Å². The molecule has 0 aliphatic heterocycles. The molecule has 9 rings (SSSR count). The third-order valence-electron chi connectivity index (χ3n) is 9.28. The van der Waals surface area contributed by atoms with E-state index in [0.29, 0.717) is 0 Å². The zero-order valence-corrected chi connectivity index (χ0v) is 26.3. The molecule has 1 aromatic heterocycles. The van der Waals surface area contributed by atoms with Crippen LogP contribution in [0, 0.1) is 0 Å². The number of fused-ring (bicyclic) bond motifs is 4. The number of benzene rings is 8. The molecule has 0 saturated heterocycles. The molecule has 0 amide bonds. The van der Waals surface area contributed by atoms with Crippen LogP contribution in [0.1, 0.15) is 0 Å². The summed E-state index contributed by atoms with van der Waals surface area (Å²) in [4.78, 5) is 2.31. The molecule has 1 heterocycles. The lowest BCUT2D eigenvalue weighted by molar-refractivity contribution is 0.669. The van der Waals surface area contributed by atoms with Gasteiger partial charge in [-0.25, -0.2) is 0 Å². The van der Waals surface area contributed by atoms with Crippen LogP contribution in [0.2, 0.25) is 0 Å². The van der Waals surface area contributed by atoms with Crippen molar-refractivity contribution >= 4 is 49.8 Å². The smallest absolute Gasteiger partial charge is 0.159 e. The lowest BCUT2D eigenvalue weighted by Crippen LogP contribution is -2.10. The molecule has 0 aliphatic rings. The maximum atomic E-state index is 6.69. The maximum Gasteiger partial charge on any atom is 0.159 e. The monoisotopic (exact) mass is 613 g/mol. The molecule has 8 aromatic carbocycles. The van der Waals surface area contributed by atoms with E-state index in [1.54, 1.807) is 0 Å². The van der Waals surface area contributed by atoms with E-state index in [9.17, 15) is 0 Å². The molecular weight excluding hydrogens is 583 g/mol. The second-order valence-corrected chi connectivity index (χ2v) is 12.2. The number of furan rings is 1. The van der Waals surface area contributed by atoms with E-state index in [4.69, 9.17) is 4.42 Å². The van der Waals surface area contributed by atoms with Crippen LogP contribution in [0.4, 0.5) is 17.1 Å². The topological polar surface area (TPSA) is 16.4 Å². The zero-order valence-electron chi connectivity index (χ0n) is 26.3. The summed E-state index contributed by atoms with van der Waals surface area (Å²) in [5.74, 6) is 0. The van der Waals surface area contributed by atoms with Gasteiger partial charge in [-0.1, -0.05) is 146 Å². The molecule has 0 radical (unpaired) electrons. The Morgan fingerprint density at radius 1 is 0.354 bits per heavy atom. The highest BCUT2D eigenvalue weighted by atomic mass is 16.3. The van der Waals surface area contributed by atoms with Gasteiger partial charge < -0.3 is 9.32 Å². The van der Waals surface area contributed by atoms with Gasteiger partial charge in [0.15, 0.2) is 5.58 Å². The fraction of sp³-hybridized carbons (Fsp3) is 0. The highest BCUT2D eigenvalue weighted by Crippen LogP contribution is 2.43. The van der Waals surface area contributed by atoms with Crippen molar-refractivity contribution < 1.29 is 4.42 Å². The van der Waals surface area contributed by atoms with E-state index >= 15 is 0 Å². The first-order valence-electron chi connectivity index (χ1n) is 16.3. The second-order valence-electron chi connectivity index (χ2n) is 12.2. The van der Waals surface area contributed by atoms with E-state index < -0.39 is 0 Å². The Hall–Kier alpha value is -6.38. The molecule has 0 fully saturated rings. The van der Waals surface area contributed by atoms with E-state index in [0.717, 1.165) is 39.0 Å². The predicted molar refractivity (Wildman–Crippen MR) is 202 cm³/mol. The van der Waals surface area contributed by atoms with Crippen LogP contribution < -0.4 is 4.90 Å². The minimum Gasteiger partial charge on any atom is -0.454 e. The van der Waals surface area contributed by atoms with Gasteiger partial charge >= 0.3 is 0 Å². The van der Waals surface area contributed by atoms with Gasteiger partial charge in [0.25, 0.3) is 0 Å². The summed E-state index contributed by atoms with van der Waals surface area (Å²) in [6.07, 6.45) is 0. The van der Waals surface area contributed by atoms with Gasteiger partial charge in [-0.15, -0.1) is 0 Å². The second kappa shape index (κ2) is 11.8. The summed E-state index contributed by atoms with van der Waals surface area (Å²) in [5, 5.41) is 4.70. The molecular formula is C46H31NO. The third-order valence-corrected chi connectivity index (χ3v) is 9.28. The highest BCUT2D eigenvalue weighted by Gasteiger charge is 2.20. The van der Waals surface area contributed by atoms with Crippen LogP contribution in [-0.4, -0.2) is 0 Å². The predicted octanol–water partition coefficient (Wildman–Crippen LogP) is 13.2. The zero-order chi connectivity index (χ0) is 31.9. The van der Waals surface area contributed by atoms with Crippen molar-refractivity contribution in [2.45, 2.75) is 0 Å². The summed E-state index contributed by atoms with van der Waals surface area (Å²) >= 11 is 0. The number of para-hydroxylation sites is 1. The average molecular weight is 614 g/mol. The Morgan fingerprint density at radius 3 is 1.62 bits per heavy atom. The molecule has 0 unspecified atom stereocenters. The molecule has 226 valence electrons. The van der Waals surface area contributed by atoms with Crippen molar-refractivity contribution in [2.75, 3.05) is 4.90 Å². The van der Waals surface area contributed by atoms with Crippen molar-refractivity contribution in [2.24, 2.45) is 0 Å². The van der Waals surface area contributed by atoms with E-state index in [1.807, 2.05) is 0 Å². The quantitative estimate of drug-likeness (QED) is 0.185. The Kier molecular flexibility index (Phi) is 6.84. The highest BCUT2D eigenvalue weighted by molar-refractivity contribution is 6.11. The first kappa shape index (κ1) is 27.9. The van der Waals surface area contributed by atoms with E-state index in [1.165, 1.54) is 44.2 Å². The molecule has 2 heteroatoms. The molecule has 9 aromatic rings. The van der Waals surface area contributed by atoms with Gasteiger partial charge in [0.2, 0.25) is 0 Å². The van der Waals surface area contributed by atoms with Crippen LogP contribution in [0.5, 0.6) is 0 Å². The Balaban J connectivity index is 1.19. The summed E-state index contributed by atoms with van der Waals surface area (Å²) in [6, 6.07) is 66.8. The average Bonchev–Trinajstić information content (AvgIpc) is 3.55. The lowest BCUT2D eigenvalue weighted by atomic mass is 9.98. The number of anilines is 3. The number of hydrogen-bond donors (Lipinski definition) is 0. The molecule has 0 bridgehead atoms. The van der Waals surface area contributed by atoms with Crippen molar-refractivity contribution in [3.63, 3.8) is 0 Å². The minimum atomic E-state index is 0.864. The van der Waals surface area contributed by atoms with Crippen molar-refractivity contribution in [1.29, 1.82) is 0 Å². The minimum absolute atomic E-state index is 0.864. The van der Waals surface area contributed by atoms with E-state index in [2.05, 4.69) is 193 Å². The number of hydrogen-bond acceptors (Lipinski definition) is 2. The first-order valence-corrected chi connectivity index (χ1v) is 16.3. The Bertz CT molecular complexity index is 2530. The van der Waals surface area contributed by atoms with Gasteiger partial charge in [-0.2, -0.15) is 0 Å².